The van der Waals surface area contributed by atoms with E-state index in [2.05, 4.69) is 29.6 Å². The van der Waals surface area contributed by atoms with E-state index in [1.54, 1.807) is 18.2 Å². The van der Waals surface area contributed by atoms with Crippen LogP contribution in [0.5, 0.6) is 0 Å². The molecule has 1 aliphatic carbocycles. The van der Waals surface area contributed by atoms with E-state index < -0.39 is 24.4 Å². The summed E-state index contributed by atoms with van der Waals surface area (Å²) in [5, 5.41) is 3.64. The Balaban J connectivity index is 1.33. The summed E-state index contributed by atoms with van der Waals surface area (Å²) in [5.74, 6) is -0.0327. The van der Waals surface area contributed by atoms with Crippen molar-refractivity contribution in [3.05, 3.63) is 92.9 Å². The fraction of sp³-hybridized carbons (Fsp3) is 0.300. The molecule has 1 aliphatic heterocycles. The van der Waals surface area contributed by atoms with Crippen LogP contribution in [0.15, 0.2) is 66.1 Å². The maximum Gasteiger partial charge on any atom is 0.492 e. The molecule has 0 spiro atoms. The van der Waals surface area contributed by atoms with Crippen LogP contribution in [0.3, 0.4) is 0 Å². The molecular formula is C30H31BCl2N2O4. The summed E-state index contributed by atoms with van der Waals surface area (Å²) in [6, 6.07) is 19.7. The van der Waals surface area contributed by atoms with Gasteiger partial charge in [0.25, 0.3) is 0 Å². The summed E-state index contributed by atoms with van der Waals surface area (Å²) in [4.78, 5) is 12.9. The summed E-state index contributed by atoms with van der Waals surface area (Å²) in [5.41, 5.74) is 11.4. The average Bonchev–Trinajstić information content (AvgIpc) is 3.32. The number of halogens is 2. The summed E-state index contributed by atoms with van der Waals surface area (Å²) >= 11 is 12.5. The van der Waals surface area contributed by atoms with Crippen molar-refractivity contribution in [1.29, 1.82) is 0 Å². The Labute approximate surface area is 239 Å². The zero-order valence-corrected chi connectivity index (χ0v) is 23.9. The van der Waals surface area contributed by atoms with Crippen molar-refractivity contribution < 1.29 is 18.8 Å². The molecule has 0 atom stereocenters. The highest BCUT2D eigenvalue weighted by atomic mass is 35.5. The van der Waals surface area contributed by atoms with Gasteiger partial charge in [-0.15, -0.1) is 0 Å². The summed E-state index contributed by atoms with van der Waals surface area (Å²) in [6.45, 7) is 8.19. The van der Waals surface area contributed by atoms with Crippen LogP contribution < -0.4 is 11.1 Å². The van der Waals surface area contributed by atoms with Crippen molar-refractivity contribution in [2.24, 2.45) is 0 Å². The number of alkyl carbamates (subject to hydrolysis) is 1. The highest BCUT2D eigenvalue weighted by molar-refractivity contribution is 6.56. The number of nitrogens with one attached hydrogen (secondary N) is 1. The molecule has 5 rings (SSSR count). The number of anilines is 1. The van der Waals surface area contributed by atoms with Gasteiger partial charge in [-0.1, -0.05) is 77.8 Å². The van der Waals surface area contributed by atoms with Gasteiger partial charge in [0.15, 0.2) is 0 Å². The van der Waals surface area contributed by atoms with Gasteiger partial charge in [0.05, 0.1) is 21.9 Å². The van der Waals surface area contributed by atoms with Gasteiger partial charge in [-0.3, -0.25) is 0 Å². The number of nitrogen functional groups attached to an aromatic ring is 1. The van der Waals surface area contributed by atoms with Gasteiger partial charge in [-0.05, 0) is 73.1 Å². The van der Waals surface area contributed by atoms with Gasteiger partial charge < -0.3 is 25.1 Å². The normalized spacial score (nSPS) is 17.6. The van der Waals surface area contributed by atoms with E-state index >= 15 is 0 Å². The molecular weight excluding hydrogens is 534 g/mol. The van der Waals surface area contributed by atoms with Crippen molar-refractivity contribution in [2.45, 2.75) is 44.8 Å². The van der Waals surface area contributed by atoms with Crippen molar-refractivity contribution in [3.63, 3.8) is 0 Å². The SMILES string of the molecule is CC1(C)OB(C(=Cc2cc(Cl)cc(Cl)c2N)CNC(=O)OCC2c3ccccc3-c3ccccc32)OC1(C)C. The first-order valence-electron chi connectivity index (χ1n) is 12.9. The molecule has 0 saturated carbocycles. The van der Waals surface area contributed by atoms with Crippen molar-refractivity contribution in [1.82, 2.24) is 5.32 Å². The molecule has 0 aromatic heterocycles. The van der Waals surface area contributed by atoms with Crippen LogP contribution in [0.4, 0.5) is 10.5 Å². The molecule has 6 nitrogen and oxygen atoms in total. The lowest BCUT2D eigenvalue weighted by Crippen LogP contribution is -2.41. The number of nitrogens with two attached hydrogens (primary N) is 1. The molecule has 0 bridgehead atoms. The standard InChI is InChI=1S/C30H31BCl2N2O4/c1-29(2)30(3,4)39-31(38-29)19(13-18-14-20(32)15-26(33)27(18)34)16-35-28(36)37-17-25-23-11-7-5-9-21(23)22-10-6-8-12-24(22)25/h5-15,25H,16-17,34H2,1-4H3,(H,35,36). The van der Waals surface area contributed by atoms with Crippen LogP contribution in [0.25, 0.3) is 17.2 Å². The third-order valence-corrected chi connectivity index (χ3v) is 8.33. The van der Waals surface area contributed by atoms with Crippen molar-refractivity contribution in [2.75, 3.05) is 18.9 Å². The molecule has 0 unspecified atom stereocenters. The molecule has 3 aromatic rings. The number of ether oxygens (including phenoxy) is 1. The Bertz CT molecular complexity index is 1400. The van der Waals surface area contributed by atoms with Gasteiger partial charge in [0, 0.05) is 17.5 Å². The number of carbonyl (C=O) groups excluding carboxylic acids is 1. The molecule has 3 aromatic carbocycles. The lowest BCUT2D eigenvalue weighted by Gasteiger charge is -2.32. The second-order valence-corrected chi connectivity index (χ2v) is 11.7. The number of fused-ring (bicyclic) bond motifs is 3. The highest BCUT2D eigenvalue weighted by Crippen LogP contribution is 2.44. The molecule has 9 heteroatoms. The van der Waals surface area contributed by atoms with E-state index in [4.69, 9.17) is 43.0 Å². The van der Waals surface area contributed by atoms with Gasteiger partial charge in [-0.25, -0.2) is 4.79 Å². The van der Waals surface area contributed by atoms with Crippen molar-refractivity contribution >= 4 is 48.2 Å². The lowest BCUT2D eigenvalue weighted by atomic mass is 9.77. The van der Waals surface area contributed by atoms with Crippen molar-refractivity contribution in [3.8, 4) is 11.1 Å². The number of amides is 1. The molecule has 1 heterocycles. The van der Waals surface area contributed by atoms with Gasteiger partial charge in [-0.2, -0.15) is 0 Å². The number of hydrogen-bond donors (Lipinski definition) is 2. The third kappa shape index (κ3) is 5.41. The first kappa shape index (κ1) is 27.6. The van der Waals surface area contributed by atoms with Crippen LogP contribution in [0.1, 0.15) is 50.3 Å². The summed E-state index contributed by atoms with van der Waals surface area (Å²) in [6.07, 6.45) is 1.25. The van der Waals surface area contributed by atoms with E-state index in [1.807, 2.05) is 52.0 Å². The molecule has 2 aliphatic rings. The Morgan fingerprint density at radius 1 is 1.00 bits per heavy atom. The second-order valence-electron chi connectivity index (χ2n) is 10.9. The van der Waals surface area contributed by atoms with E-state index in [-0.39, 0.29) is 19.1 Å². The molecule has 39 heavy (non-hydrogen) atoms. The molecule has 3 N–H and O–H groups in total. The zero-order chi connectivity index (χ0) is 27.9. The van der Waals surface area contributed by atoms with E-state index in [9.17, 15) is 4.79 Å². The molecule has 1 saturated heterocycles. The minimum absolute atomic E-state index is 0.0327. The van der Waals surface area contributed by atoms with E-state index in [0.717, 1.165) is 11.1 Å². The van der Waals surface area contributed by atoms with Gasteiger partial charge in [0.2, 0.25) is 0 Å². The maximum atomic E-state index is 12.9. The minimum Gasteiger partial charge on any atom is -0.449 e. The molecule has 1 amide bonds. The van der Waals surface area contributed by atoms with Gasteiger partial charge >= 0.3 is 13.2 Å². The highest BCUT2D eigenvalue weighted by Gasteiger charge is 2.52. The first-order valence-corrected chi connectivity index (χ1v) is 13.6. The fourth-order valence-electron chi connectivity index (χ4n) is 4.94. The maximum absolute atomic E-state index is 12.9. The van der Waals surface area contributed by atoms with E-state index in [0.29, 0.717) is 26.8 Å². The Hall–Kier alpha value is -2.97. The van der Waals surface area contributed by atoms with Crippen LogP contribution >= 0.6 is 23.2 Å². The first-order chi connectivity index (χ1) is 18.5. The Morgan fingerprint density at radius 3 is 2.15 bits per heavy atom. The lowest BCUT2D eigenvalue weighted by molar-refractivity contribution is 0.00578. The third-order valence-electron chi connectivity index (χ3n) is 7.80. The predicted molar refractivity (Wildman–Crippen MR) is 158 cm³/mol. The van der Waals surface area contributed by atoms with Crippen LogP contribution in [0.2, 0.25) is 10.0 Å². The Kier molecular flexibility index (Phi) is 7.46. The quantitative estimate of drug-likeness (QED) is 0.246. The summed E-state index contributed by atoms with van der Waals surface area (Å²) in [7, 11) is -0.721. The number of carbonyl (C=O) groups is 1. The number of benzene rings is 3. The largest absolute Gasteiger partial charge is 0.492 e. The topological polar surface area (TPSA) is 82.8 Å². The van der Waals surface area contributed by atoms with E-state index in [1.165, 1.54) is 11.1 Å². The van der Waals surface area contributed by atoms with Crippen LogP contribution in [0, 0.1) is 0 Å². The molecule has 0 radical (unpaired) electrons. The number of hydrogen-bond acceptors (Lipinski definition) is 5. The zero-order valence-electron chi connectivity index (χ0n) is 22.4. The van der Waals surface area contributed by atoms with Gasteiger partial charge in [0.1, 0.15) is 6.61 Å². The molecule has 1 fully saturated rings. The Morgan fingerprint density at radius 2 is 1.56 bits per heavy atom. The fourth-order valence-corrected chi connectivity index (χ4v) is 5.45. The predicted octanol–water partition coefficient (Wildman–Crippen LogP) is 7.13. The smallest absolute Gasteiger partial charge is 0.449 e. The second kappa shape index (κ2) is 10.5. The summed E-state index contributed by atoms with van der Waals surface area (Å²) < 4.78 is 18.2. The van der Waals surface area contributed by atoms with Crippen LogP contribution in [-0.2, 0) is 14.0 Å². The monoisotopic (exact) mass is 564 g/mol. The average molecular weight is 565 g/mol. The minimum atomic E-state index is -0.721. The number of rotatable bonds is 6. The van der Waals surface area contributed by atoms with Crippen LogP contribution in [-0.4, -0.2) is 37.6 Å². The molecule has 202 valence electrons.